The molecule has 0 atom stereocenters. The van der Waals surface area contributed by atoms with Crippen molar-refractivity contribution in [2.45, 2.75) is 6.18 Å². The molecule has 0 bridgehead atoms. The first-order chi connectivity index (χ1) is 10.4. The van der Waals surface area contributed by atoms with E-state index in [0.29, 0.717) is 0 Å². The molecule has 0 aromatic carbocycles. The van der Waals surface area contributed by atoms with Crippen LogP contribution in [0.4, 0.5) is 13.2 Å². The Kier molecular flexibility index (Phi) is 3.09. The third-order valence-electron chi connectivity index (χ3n) is 3.17. The third kappa shape index (κ3) is 2.18. The number of hydrogen-bond acceptors (Lipinski definition) is 3. The average Bonchev–Trinajstić information content (AvgIpc) is 2.89. The van der Waals surface area contributed by atoms with Crippen molar-refractivity contribution in [2.24, 2.45) is 0 Å². The molecule has 0 aliphatic heterocycles. The van der Waals surface area contributed by atoms with Crippen molar-refractivity contribution in [1.29, 1.82) is 0 Å². The highest BCUT2D eigenvalue weighted by Gasteiger charge is 2.34. The van der Waals surface area contributed by atoms with Gasteiger partial charge >= 0.3 is 12.1 Å². The van der Waals surface area contributed by atoms with Gasteiger partial charge in [-0.1, -0.05) is 0 Å². The molecule has 0 fully saturated rings. The lowest BCUT2D eigenvalue weighted by Crippen LogP contribution is -2.08. The minimum absolute atomic E-state index is 0.0153. The topological polar surface area (TPSA) is 67.5 Å². The summed E-state index contributed by atoms with van der Waals surface area (Å²) in [4.78, 5) is 18.8. The summed E-state index contributed by atoms with van der Waals surface area (Å²) in [5, 5.41) is 9.11. The number of aromatic nitrogens is 3. The van der Waals surface area contributed by atoms with Gasteiger partial charge in [0, 0.05) is 24.2 Å². The summed E-state index contributed by atoms with van der Waals surface area (Å²) >= 11 is 0. The number of fused-ring (bicyclic) bond motifs is 1. The molecule has 3 aromatic heterocycles. The van der Waals surface area contributed by atoms with Gasteiger partial charge in [0.1, 0.15) is 5.82 Å². The Morgan fingerprint density at radius 1 is 1.23 bits per heavy atom. The number of imidazole rings is 1. The highest BCUT2D eigenvalue weighted by atomic mass is 19.4. The highest BCUT2D eigenvalue weighted by molar-refractivity contribution is 5.95. The van der Waals surface area contributed by atoms with Gasteiger partial charge in [0.05, 0.1) is 22.8 Å². The van der Waals surface area contributed by atoms with E-state index in [1.807, 2.05) is 0 Å². The Labute approximate surface area is 121 Å². The maximum atomic E-state index is 13.1. The van der Waals surface area contributed by atoms with Crippen molar-refractivity contribution in [2.75, 3.05) is 0 Å². The molecule has 3 rings (SSSR count). The Balaban J connectivity index is 2.30. The van der Waals surface area contributed by atoms with Gasteiger partial charge in [-0.3, -0.25) is 9.38 Å². The third-order valence-corrected chi connectivity index (χ3v) is 3.17. The molecular weight excluding hydrogens is 299 g/mol. The highest BCUT2D eigenvalue weighted by Crippen LogP contribution is 2.36. The molecule has 0 spiro atoms. The van der Waals surface area contributed by atoms with Gasteiger partial charge in [-0.15, -0.1) is 0 Å². The van der Waals surface area contributed by atoms with E-state index in [2.05, 4.69) is 9.97 Å². The van der Waals surface area contributed by atoms with Crippen LogP contribution in [0.25, 0.3) is 16.9 Å². The molecule has 0 radical (unpaired) electrons. The monoisotopic (exact) mass is 307 g/mol. The lowest BCUT2D eigenvalue weighted by molar-refractivity contribution is -0.137. The maximum Gasteiger partial charge on any atom is 0.417 e. The summed E-state index contributed by atoms with van der Waals surface area (Å²) in [6, 6.07) is 3.65. The Bertz CT molecular complexity index is 871. The molecule has 0 amide bonds. The first-order valence-corrected chi connectivity index (χ1v) is 6.10. The second-order valence-corrected chi connectivity index (χ2v) is 4.48. The first-order valence-electron chi connectivity index (χ1n) is 6.10. The van der Waals surface area contributed by atoms with Crippen molar-refractivity contribution in [3.63, 3.8) is 0 Å². The molecule has 5 nitrogen and oxygen atoms in total. The van der Waals surface area contributed by atoms with Crippen LogP contribution in [0, 0.1) is 0 Å². The van der Waals surface area contributed by atoms with E-state index in [-0.39, 0.29) is 22.5 Å². The number of alkyl halides is 3. The van der Waals surface area contributed by atoms with Crippen molar-refractivity contribution in [1.82, 2.24) is 14.4 Å². The maximum absolute atomic E-state index is 13.1. The molecule has 8 heteroatoms. The van der Waals surface area contributed by atoms with E-state index < -0.39 is 17.7 Å². The fourth-order valence-corrected chi connectivity index (χ4v) is 2.22. The lowest BCUT2D eigenvalue weighted by Gasteiger charge is -2.11. The first kappa shape index (κ1) is 14.1. The predicted octanol–water partition coefficient (Wildman–Crippen LogP) is 3.11. The molecule has 22 heavy (non-hydrogen) atoms. The van der Waals surface area contributed by atoms with E-state index >= 15 is 0 Å². The zero-order chi connectivity index (χ0) is 15.9. The Hall–Kier alpha value is -2.90. The van der Waals surface area contributed by atoms with Gasteiger partial charge < -0.3 is 5.11 Å². The molecule has 3 aromatic rings. The summed E-state index contributed by atoms with van der Waals surface area (Å²) < 4.78 is 40.6. The standard InChI is InChI=1S/C14H8F3N3O2/c15-14(16,17)10-3-4-18-6-9(10)12-19-7-11-8(13(21)22)2-1-5-20(11)12/h1-7H,(H,21,22). The Morgan fingerprint density at radius 2 is 2.00 bits per heavy atom. The number of pyridine rings is 2. The molecule has 1 N–H and O–H groups in total. The SMILES string of the molecule is O=C(O)c1cccn2c(-c3cnccc3C(F)(F)F)ncc12. The van der Waals surface area contributed by atoms with Crippen molar-refractivity contribution < 1.29 is 23.1 Å². The number of carboxylic acids is 1. The van der Waals surface area contributed by atoms with E-state index in [4.69, 9.17) is 5.11 Å². The van der Waals surface area contributed by atoms with Gasteiger partial charge in [-0.05, 0) is 18.2 Å². The summed E-state index contributed by atoms with van der Waals surface area (Å²) in [5.74, 6) is -1.20. The summed E-state index contributed by atoms with van der Waals surface area (Å²) in [6.45, 7) is 0. The van der Waals surface area contributed by atoms with Crippen LogP contribution in [0.2, 0.25) is 0 Å². The molecule has 0 unspecified atom stereocenters. The summed E-state index contributed by atoms with van der Waals surface area (Å²) in [5.41, 5.74) is -0.922. The number of carbonyl (C=O) groups is 1. The van der Waals surface area contributed by atoms with Crippen LogP contribution in [-0.4, -0.2) is 25.4 Å². The normalized spacial score (nSPS) is 11.8. The van der Waals surface area contributed by atoms with Crippen LogP contribution < -0.4 is 0 Å². The quantitative estimate of drug-likeness (QED) is 0.790. The second-order valence-electron chi connectivity index (χ2n) is 4.48. The van der Waals surface area contributed by atoms with Gasteiger partial charge in [-0.2, -0.15) is 13.2 Å². The number of aromatic carboxylic acids is 1. The molecule has 0 aliphatic carbocycles. The molecule has 0 saturated heterocycles. The zero-order valence-electron chi connectivity index (χ0n) is 10.9. The van der Waals surface area contributed by atoms with E-state index in [0.717, 1.165) is 18.5 Å². The van der Waals surface area contributed by atoms with Crippen LogP contribution in [0.5, 0.6) is 0 Å². The van der Waals surface area contributed by atoms with E-state index in [1.165, 1.54) is 28.9 Å². The van der Waals surface area contributed by atoms with Crippen LogP contribution in [0.3, 0.4) is 0 Å². The van der Waals surface area contributed by atoms with Crippen LogP contribution in [0.15, 0.2) is 43.0 Å². The number of halogens is 3. The number of hydrogen-bond donors (Lipinski definition) is 1. The molecule has 0 saturated carbocycles. The average molecular weight is 307 g/mol. The van der Waals surface area contributed by atoms with Gasteiger partial charge in [-0.25, -0.2) is 9.78 Å². The Morgan fingerprint density at radius 3 is 2.68 bits per heavy atom. The fourth-order valence-electron chi connectivity index (χ4n) is 2.22. The van der Waals surface area contributed by atoms with E-state index in [1.54, 1.807) is 0 Å². The van der Waals surface area contributed by atoms with Gasteiger partial charge in [0.15, 0.2) is 0 Å². The van der Waals surface area contributed by atoms with Crippen molar-refractivity contribution in [3.05, 3.63) is 54.1 Å². The number of rotatable bonds is 2. The zero-order valence-corrected chi connectivity index (χ0v) is 10.9. The molecule has 0 aliphatic rings. The van der Waals surface area contributed by atoms with Gasteiger partial charge in [0.25, 0.3) is 0 Å². The minimum atomic E-state index is -4.56. The van der Waals surface area contributed by atoms with Crippen molar-refractivity contribution in [3.8, 4) is 11.4 Å². The van der Waals surface area contributed by atoms with E-state index in [9.17, 15) is 18.0 Å². The van der Waals surface area contributed by atoms with Gasteiger partial charge in [0.2, 0.25) is 0 Å². The molecule has 112 valence electrons. The van der Waals surface area contributed by atoms with Crippen LogP contribution in [0.1, 0.15) is 15.9 Å². The predicted molar refractivity (Wildman–Crippen MR) is 70.4 cm³/mol. The lowest BCUT2D eigenvalue weighted by atomic mass is 10.1. The minimum Gasteiger partial charge on any atom is -0.478 e. The fraction of sp³-hybridized carbons (Fsp3) is 0.0714. The largest absolute Gasteiger partial charge is 0.478 e. The molecular formula is C14H8F3N3O2. The van der Waals surface area contributed by atoms with Crippen molar-refractivity contribution >= 4 is 11.5 Å². The smallest absolute Gasteiger partial charge is 0.417 e. The second kappa shape index (κ2) is 4.83. The summed E-state index contributed by atoms with van der Waals surface area (Å²) in [7, 11) is 0. The number of nitrogens with zero attached hydrogens (tertiary/aromatic N) is 3. The van der Waals surface area contributed by atoms with Crippen LogP contribution >= 0.6 is 0 Å². The molecule has 3 heterocycles. The summed E-state index contributed by atoms with van der Waals surface area (Å²) in [6.07, 6.45) is 0.230. The number of carboxylic acid groups (broad SMARTS) is 1. The van der Waals surface area contributed by atoms with Crippen LogP contribution in [-0.2, 0) is 6.18 Å².